The topological polar surface area (TPSA) is 77.1 Å². The zero-order valence-electron chi connectivity index (χ0n) is 14.7. The summed E-state index contributed by atoms with van der Waals surface area (Å²) in [7, 11) is 0. The second kappa shape index (κ2) is 7.07. The lowest BCUT2D eigenvalue weighted by atomic mass is 10.1. The molecule has 6 nitrogen and oxygen atoms in total. The first-order valence-corrected chi connectivity index (χ1v) is 8.86. The highest BCUT2D eigenvalue weighted by Gasteiger charge is 2.13. The molecule has 0 fully saturated rings. The Morgan fingerprint density at radius 3 is 2.74 bits per heavy atom. The van der Waals surface area contributed by atoms with Gasteiger partial charge in [0, 0.05) is 59.3 Å². The molecule has 0 aliphatic rings. The molecule has 2 aromatic carbocycles. The number of aromatic nitrogens is 3. The number of carbonyl (C=O) groups is 2. The molecule has 0 saturated heterocycles. The highest BCUT2D eigenvalue weighted by atomic mass is 16.4. The Morgan fingerprint density at radius 1 is 1.11 bits per heavy atom. The lowest BCUT2D eigenvalue weighted by molar-refractivity contribution is -0.137. The fourth-order valence-corrected chi connectivity index (χ4v) is 3.54. The van der Waals surface area contributed by atoms with Gasteiger partial charge >= 0.3 is 5.97 Å². The largest absolute Gasteiger partial charge is 0.481 e. The van der Waals surface area contributed by atoms with Crippen LogP contribution in [0.1, 0.15) is 18.4 Å². The summed E-state index contributed by atoms with van der Waals surface area (Å²) in [6.45, 7) is 0.594. The number of hydrogen-bond donors (Lipinski definition) is 1. The van der Waals surface area contributed by atoms with Crippen LogP contribution in [0.4, 0.5) is 0 Å². The third kappa shape index (κ3) is 3.21. The van der Waals surface area contributed by atoms with E-state index in [1.165, 1.54) is 0 Å². The Labute approximate surface area is 155 Å². The van der Waals surface area contributed by atoms with Gasteiger partial charge in [-0.2, -0.15) is 0 Å². The Bertz CT molecular complexity index is 1130. The number of rotatable bonds is 7. The fraction of sp³-hybridized carbons (Fsp3) is 0.190. The van der Waals surface area contributed by atoms with Crippen LogP contribution in [-0.2, 0) is 22.6 Å². The van der Waals surface area contributed by atoms with E-state index in [9.17, 15) is 9.59 Å². The number of fused-ring (bicyclic) bond motifs is 3. The molecule has 136 valence electrons. The van der Waals surface area contributed by atoms with Crippen molar-refractivity contribution in [1.29, 1.82) is 0 Å². The number of aldehydes is 1. The van der Waals surface area contributed by atoms with E-state index in [-0.39, 0.29) is 6.42 Å². The summed E-state index contributed by atoms with van der Waals surface area (Å²) in [5.41, 5.74) is 4.09. The number of hydrogen-bond acceptors (Lipinski definition) is 3. The molecule has 4 rings (SSSR count). The number of aryl methyl sites for hydroxylation is 2. The molecular weight excluding hydrogens is 342 g/mol. The molecule has 6 heteroatoms. The van der Waals surface area contributed by atoms with Crippen molar-refractivity contribution in [2.45, 2.75) is 25.8 Å². The van der Waals surface area contributed by atoms with Gasteiger partial charge in [-0.3, -0.25) is 4.79 Å². The minimum absolute atomic E-state index is 0.102. The fourth-order valence-electron chi connectivity index (χ4n) is 3.54. The molecular formula is C21H19N3O3. The lowest BCUT2D eigenvalue weighted by Crippen LogP contribution is -2.00. The molecule has 0 unspecified atom stereocenters. The van der Waals surface area contributed by atoms with Gasteiger partial charge in [0.1, 0.15) is 6.29 Å². The van der Waals surface area contributed by atoms with Crippen LogP contribution in [0.5, 0.6) is 0 Å². The molecule has 0 bridgehead atoms. The van der Waals surface area contributed by atoms with Crippen molar-refractivity contribution in [2.75, 3.05) is 0 Å². The van der Waals surface area contributed by atoms with E-state index in [0.29, 0.717) is 19.4 Å². The van der Waals surface area contributed by atoms with Gasteiger partial charge < -0.3 is 19.0 Å². The minimum Gasteiger partial charge on any atom is -0.481 e. The smallest absolute Gasteiger partial charge is 0.303 e. The molecule has 0 spiro atoms. The van der Waals surface area contributed by atoms with Crippen molar-refractivity contribution in [3.05, 3.63) is 60.7 Å². The maximum atomic E-state index is 10.9. The molecule has 4 aromatic rings. The third-order valence-corrected chi connectivity index (χ3v) is 4.81. The normalized spacial score (nSPS) is 11.3. The average molecular weight is 361 g/mol. The molecule has 0 aliphatic heterocycles. The maximum absolute atomic E-state index is 10.9. The predicted molar refractivity (Wildman–Crippen MR) is 103 cm³/mol. The van der Waals surface area contributed by atoms with Crippen LogP contribution in [0.3, 0.4) is 0 Å². The van der Waals surface area contributed by atoms with Gasteiger partial charge in [0.2, 0.25) is 0 Å². The van der Waals surface area contributed by atoms with Crippen LogP contribution >= 0.6 is 0 Å². The van der Waals surface area contributed by atoms with Crippen molar-refractivity contribution >= 4 is 34.1 Å². The van der Waals surface area contributed by atoms with Gasteiger partial charge in [0.25, 0.3) is 0 Å². The van der Waals surface area contributed by atoms with Gasteiger partial charge in [-0.15, -0.1) is 0 Å². The summed E-state index contributed by atoms with van der Waals surface area (Å²) in [6, 6.07) is 12.3. The van der Waals surface area contributed by atoms with Gasteiger partial charge in [-0.05, 0) is 36.2 Å². The zero-order valence-corrected chi connectivity index (χ0v) is 14.7. The molecule has 27 heavy (non-hydrogen) atoms. The van der Waals surface area contributed by atoms with E-state index in [1.807, 2.05) is 35.0 Å². The van der Waals surface area contributed by atoms with Crippen molar-refractivity contribution in [1.82, 2.24) is 14.1 Å². The molecule has 2 heterocycles. The number of benzene rings is 2. The monoisotopic (exact) mass is 361 g/mol. The van der Waals surface area contributed by atoms with Gasteiger partial charge in [-0.1, -0.05) is 12.1 Å². The number of carbonyl (C=O) groups excluding carboxylic acids is 1. The second-order valence-electron chi connectivity index (χ2n) is 6.52. The van der Waals surface area contributed by atoms with Crippen LogP contribution in [-0.4, -0.2) is 31.5 Å². The SMILES string of the molecule is O=CCCn1c2ccc(-n3ccnc3)cc2c2ccc(CCC(=O)O)cc21. The highest BCUT2D eigenvalue weighted by Crippen LogP contribution is 2.32. The molecule has 0 radical (unpaired) electrons. The van der Waals surface area contributed by atoms with E-state index in [1.54, 1.807) is 12.5 Å². The van der Waals surface area contributed by atoms with Crippen molar-refractivity contribution in [3.63, 3.8) is 0 Å². The van der Waals surface area contributed by atoms with Crippen LogP contribution in [0.2, 0.25) is 0 Å². The first-order valence-electron chi connectivity index (χ1n) is 8.86. The van der Waals surface area contributed by atoms with Crippen LogP contribution in [0, 0.1) is 0 Å². The van der Waals surface area contributed by atoms with Crippen LogP contribution in [0.15, 0.2) is 55.1 Å². The Kier molecular flexibility index (Phi) is 4.46. The third-order valence-electron chi connectivity index (χ3n) is 4.81. The van der Waals surface area contributed by atoms with E-state index >= 15 is 0 Å². The highest BCUT2D eigenvalue weighted by molar-refractivity contribution is 6.09. The number of carboxylic acids is 1. The number of carboxylic acid groups (broad SMARTS) is 1. The maximum Gasteiger partial charge on any atom is 0.303 e. The summed E-state index contributed by atoms with van der Waals surface area (Å²) < 4.78 is 4.09. The molecule has 0 atom stereocenters. The van der Waals surface area contributed by atoms with E-state index in [0.717, 1.165) is 39.3 Å². The quantitative estimate of drug-likeness (QED) is 0.510. The summed E-state index contributed by atoms with van der Waals surface area (Å²) in [4.78, 5) is 25.9. The minimum atomic E-state index is -0.804. The van der Waals surface area contributed by atoms with Gasteiger partial charge in [-0.25, -0.2) is 4.98 Å². The zero-order chi connectivity index (χ0) is 18.8. The Balaban J connectivity index is 1.88. The summed E-state index contributed by atoms with van der Waals surface area (Å²) in [6.07, 6.45) is 7.35. The lowest BCUT2D eigenvalue weighted by Gasteiger charge is -2.07. The molecule has 2 aromatic heterocycles. The van der Waals surface area contributed by atoms with Gasteiger partial charge in [0.15, 0.2) is 0 Å². The summed E-state index contributed by atoms with van der Waals surface area (Å²) in [5, 5.41) is 11.1. The first-order chi connectivity index (χ1) is 13.2. The van der Waals surface area contributed by atoms with Crippen LogP contribution in [0.25, 0.3) is 27.5 Å². The second-order valence-corrected chi connectivity index (χ2v) is 6.52. The summed E-state index contributed by atoms with van der Waals surface area (Å²) in [5.74, 6) is -0.804. The predicted octanol–water partition coefficient (Wildman–Crippen LogP) is 3.59. The number of nitrogens with zero attached hydrogens (tertiary/aromatic N) is 3. The molecule has 0 amide bonds. The molecule has 1 N–H and O–H groups in total. The van der Waals surface area contributed by atoms with Crippen molar-refractivity contribution < 1.29 is 14.7 Å². The number of aliphatic carboxylic acids is 1. The standard InChI is InChI=1S/C21H19N3O3/c25-11-1-9-24-19-6-4-16(23-10-8-22-14-23)13-18(19)17-5-2-15(12-20(17)24)3-7-21(26)27/h2,4-6,8,10-14H,1,3,7,9H2,(H,26,27). The number of imidazole rings is 1. The Hall–Kier alpha value is -3.41. The van der Waals surface area contributed by atoms with Gasteiger partial charge in [0.05, 0.1) is 6.33 Å². The Morgan fingerprint density at radius 2 is 2.00 bits per heavy atom. The first kappa shape index (κ1) is 17.0. The average Bonchev–Trinajstić information content (AvgIpc) is 3.31. The van der Waals surface area contributed by atoms with E-state index < -0.39 is 5.97 Å². The van der Waals surface area contributed by atoms with Crippen LogP contribution < -0.4 is 0 Å². The molecule has 0 aliphatic carbocycles. The van der Waals surface area contributed by atoms with Crippen molar-refractivity contribution in [3.8, 4) is 5.69 Å². The van der Waals surface area contributed by atoms with E-state index in [4.69, 9.17) is 5.11 Å². The molecule has 0 saturated carbocycles. The van der Waals surface area contributed by atoms with Crippen molar-refractivity contribution in [2.24, 2.45) is 0 Å². The summed E-state index contributed by atoms with van der Waals surface area (Å²) >= 11 is 0. The van der Waals surface area contributed by atoms with E-state index in [2.05, 4.69) is 21.7 Å².